The second-order valence-corrected chi connectivity index (χ2v) is 8.60. The van der Waals surface area contributed by atoms with E-state index in [2.05, 4.69) is 55.9 Å². The normalized spacial score (nSPS) is 19.5. The topological polar surface area (TPSA) is 102 Å². The maximum atomic E-state index is 13.3. The van der Waals surface area contributed by atoms with Crippen molar-refractivity contribution in [3.63, 3.8) is 0 Å². The molecule has 4 heterocycles. The number of aryl methyl sites for hydroxylation is 1. The van der Waals surface area contributed by atoms with E-state index in [1.807, 2.05) is 24.2 Å². The molecule has 2 atom stereocenters. The number of rotatable bonds is 3. The first-order valence-corrected chi connectivity index (χ1v) is 11.1. The summed E-state index contributed by atoms with van der Waals surface area (Å²) in [4.78, 5) is 48.0. The van der Waals surface area contributed by atoms with Crippen LogP contribution in [0.25, 0.3) is 11.0 Å². The lowest BCUT2D eigenvalue weighted by Crippen LogP contribution is -2.55. The van der Waals surface area contributed by atoms with Gasteiger partial charge in [0.2, 0.25) is 0 Å². The first kappa shape index (κ1) is 22.5. The first-order chi connectivity index (χ1) is 16.0. The van der Waals surface area contributed by atoms with E-state index in [4.69, 9.17) is 9.59 Å². The van der Waals surface area contributed by atoms with Crippen molar-refractivity contribution in [2.24, 2.45) is 0 Å². The van der Waals surface area contributed by atoms with E-state index >= 15 is 0 Å². The zero-order valence-electron chi connectivity index (χ0n) is 18.9. The largest absolute Gasteiger partial charge is 0.373 e. The molecule has 1 N–H and O–H groups in total. The number of piperidine rings is 1. The predicted octanol–water partition coefficient (Wildman–Crippen LogP) is 2.98. The van der Waals surface area contributed by atoms with E-state index in [0.29, 0.717) is 12.6 Å². The van der Waals surface area contributed by atoms with Gasteiger partial charge in [0.05, 0.1) is 17.5 Å². The highest BCUT2D eigenvalue weighted by molar-refractivity contribution is 5.87. The van der Waals surface area contributed by atoms with Crippen molar-refractivity contribution in [2.75, 3.05) is 25.0 Å². The highest BCUT2D eigenvalue weighted by Crippen LogP contribution is 2.36. The number of likely N-dealkylation sites (tertiary alicyclic amines) is 1. The van der Waals surface area contributed by atoms with Crippen LogP contribution in [0, 0.1) is 6.92 Å². The van der Waals surface area contributed by atoms with Crippen molar-refractivity contribution in [3.05, 3.63) is 54.0 Å². The fraction of sp³-hybridized carbons (Fsp3) is 0.417. The average molecular weight is 449 g/mol. The molecule has 5 rings (SSSR count). The zero-order valence-corrected chi connectivity index (χ0v) is 18.9. The maximum absolute atomic E-state index is 13.3. The number of H-pyrrole nitrogens is 1. The van der Waals surface area contributed by atoms with Gasteiger partial charge in [-0.1, -0.05) is 29.8 Å². The predicted molar refractivity (Wildman–Crippen MR) is 122 cm³/mol. The van der Waals surface area contributed by atoms with Gasteiger partial charge in [-0.15, -0.1) is 0 Å². The standard InChI is InChI=1S/C23H28N6O.CO2/c1-16-5-7-17(8-6-16)14-27(2)23(30)29-12-3-4-19-20(29)10-13-28(19)22-18-9-11-24-21(18)25-15-26-22;2-1-3/h5-9,11,15,19-20H,3-4,10,12-14H2,1-2H3,(H,24,25,26);/t19-,20?;/m1./s1. The molecule has 2 aromatic heterocycles. The number of hydrogen-bond donors (Lipinski definition) is 1. The summed E-state index contributed by atoms with van der Waals surface area (Å²) >= 11 is 0. The van der Waals surface area contributed by atoms with Crippen LogP contribution in [0.3, 0.4) is 0 Å². The van der Waals surface area contributed by atoms with Gasteiger partial charge in [0.1, 0.15) is 17.8 Å². The molecule has 172 valence electrons. The van der Waals surface area contributed by atoms with E-state index in [-0.39, 0.29) is 18.2 Å². The number of fused-ring (bicyclic) bond motifs is 2. The molecule has 0 aliphatic carbocycles. The summed E-state index contributed by atoms with van der Waals surface area (Å²) in [6, 6.07) is 11.1. The van der Waals surface area contributed by atoms with Gasteiger partial charge in [-0.25, -0.2) is 14.8 Å². The second-order valence-electron chi connectivity index (χ2n) is 8.60. The van der Waals surface area contributed by atoms with Crippen molar-refractivity contribution in [2.45, 2.75) is 44.8 Å². The average Bonchev–Trinajstić information content (AvgIpc) is 3.47. The summed E-state index contributed by atoms with van der Waals surface area (Å²) in [7, 11) is 1.91. The van der Waals surface area contributed by atoms with Gasteiger partial charge < -0.3 is 19.7 Å². The molecule has 2 saturated heterocycles. The number of carbonyl (C=O) groups is 1. The highest BCUT2D eigenvalue weighted by atomic mass is 16.2. The summed E-state index contributed by atoms with van der Waals surface area (Å²) in [5.41, 5.74) is 3.26. The Morgan fingerprint density at radius 3 is 2.64 bits per heavy atom. The molecule has 2 aliphatic rings. The minimum absolute atomic E-state index is 0.126. The summed E-state index contributed by atoms with van der Waals surface area (Å²) in [6.07, 6.45) is 6.87. The molecule has 9 nitrogen and oxygen atoms in total. The molecule has 9 heteroatoms. The third-order valence-corrected chi connectivity index (χ3v) is 6.53. The Balaban J connectivity index is 0.000000821. The fourth-order valence-corrected chi connectivity index (χ4v) is 5.03. The van der Waals surface area contributed by atoms with Gasteiger partial charge in [0.25, 0.3) is 0 Å². The molecule has 0 radical (unpaired) electrons. The third kappa shape index (κ3) is 4.59. The smallest absolute Gasteiger partial charge is 0.351 e. The van der Waals surface area contributed by atoms with Gasteiger partial charge >= 0.3 is 12.2 Å². The number of urea groups is 1. The number of aromatic nitrogens is 3. The molecule has 2 amide bonds. The number of benzene rings is 1. The Morgan fingerprint density at radius 1 is 1.12 bits per heavy atom. The van der Waals surface area contributed by atoms with Crippen LogP contribution in [0.4, 0.5) is 10.6 Å². The molecule has 1 aromatic carbocycles. The molecular formula is C24H28N6O3. The van der Waals surface area contributed by atoms with E-state index in [9.17, 15) is 4.79 Å². The van der Waals surface area contributed by atoms with E-state index in [0.717, 1.165) is 54.8 Å². The van der Waals surface area contributed by atoms with E-state index in [1.54, 1.807) is 6.33 Å². The fourth-order valence-electron chi connectivity index (χ4n) is 5.03. The summed E-state index contributed by atoms with van der Waals surface area (Å²) in [5.74, 6) is 0.982. The monoisotopic (exact) mass is 448 g/mol. The molecule has 3 aromatic rings. The van der Waals surface area contributed by atoms with Crippen LogP contribution in [0.1, 0.15) is 30.4 Å². The molecular weight excluding hydrogens is 420 g/mol. The molecule has 0 saturated carbocycles. The number of hydrogen-bond acceptors (Lipinski definition) is 6. The van der Waals surface area contributed by atoms with Crippen LogP contribution < -0.4 is 4.90 Å². The number of nitrogens with zero attached hydrogens (tertiary/aromatic N) is 5. The van der Waals surface area contributed by atoms with Gasteiger partial charge in [-0.2, -0.15) is 9.59 Å². The molecule has 1 unspecified atom stereocenters. The van der Waals surface area contributed by atoms with Crippen LogP contribution in [0.5, 0.6) is 0 Å². The van der Waals surface area contributed by atoms with Gasteiger partial charge in [-0.05, 0) is 37.8 Å². The Hall–Kier alpha value is -3.71. The Kier molecular flexibility index (Phi) is 6.70. The Morgan fingerprint density at radius 2 is 1.88 bits per heavy atom. The molecule has 2 aliphatic heterocycles. The Bertz CT molecular complexity index is 1140. The number of amides is 2. The van der Waals surface area contributed by atoms with Gasteiger partial charge in [0.15, 0.2) is 0 Å². The summed E-state index contributed by atoms with van der Waals surface area (Å²) < 4.78 is 0. The quantitative estimate of drug-likeness (QED) is 0.661. The van der Waals surface area contributed by atoms with Crippen molar-refractivity contribution < 1.29 is 14.4 Å². The van der Waals surface area contributed by atoms with Crippen molar-refractivity contribution in [1.29, 1.82) is 0 Å². The maximum Gasteiger partial charge on any atom is 0.373 e. The number of carbonyl (C=O) groups excluding carboxylic acids is 3. The Labute approximate surface area is 192 Å². The van der Waals surface area contributed by atoms with Crippen molar-refractivity contribution in [3.8, 4) is 0 Å². The molecule has 2 fully saturated rings. The van der Waals surface area contributed by atoms with E-state index < -0.39 is 0 Å². The zero-order chi connectivity index (χ0) is 23.4. The van der Waals surface area contributed by atoms with Crippen molar-refractivity contribution >= 4 is 29.0 Å². The second kappa shape index (κ2) is 9.83. The van der Waals surface area contributed by atoms with Crippen LogP contribution in [0.15, 0.2) is 42.9 Å². The lowest BCUT2D eigenvalue weighted by molar-refractivity contribution is -0.191. The highest BCUT2D eigenvalue weighted by Gasteiger charge is 2.43. The lowest BCUT2D eigenvalue weighted by Gasteiger charge is -2.41. The number of nitrogens with one attached hydrogen (secondary N) is 1. The number of aromatic amines is 1. The van der Waals surface area contributed by atoms with Crippen LogP contribution in [-0.4, -0.2) is 69.2 Å². The molecule has 33 heavy (non-hydrogen) atoms. The van der Waals surface area contributed by atoms with Crippen LogP contribution in [0.2, 0.25) is 0 Å². The van der Waals surface area contributed by atoms with Crippen LogP contribution in [-0.2, 0) is 16.1 Å². The van der Waals surface area contributed by atoms with Gasteiger partial charge in [0, 0.05) is 32.9 Å². The third-order valence-electron chi connectivity index (χ3n) is 6.53. The summed E-state index contributed by atoms with van der Waals surface area (Å²) in [6.45, 7) is 4.46. The van der Waals surface area contributed by atoms with E-state index in [1.165, 1.54) is 5.56 Å². The van der Waals surface area contributed by atoms with Crippen molar-refractivity contribution in [1.82, 2.24) is 24.8 Å². The molecule has 0 spiro atoms. The number of anilines is 1. The minimum atomic E-state index is 0.126. The van der Waals surface area contributed by atoms with Crippen LogP contribution >= 0.6 is 0 Å². The molecule has 0 bridgehead atoms. The SMILES string of the molecule is Cc1ccc(CN(C)C(=O)N2CCC[C@@H]3C2CCN3c2ncnc3[nH]ccc23)cc1.O=C=O. The summed E-state index contributed by atoms with van der Waals surface area (Å²) in [5, 5.41) is 1.05. The first-order valence-electron chi connectivity index (χ1n) is 11.1. The van der Waals surface area contributed by atoms with Gasteiger partial charge in [-0.3, -0.25) is 0 Å². The lowest BCUT2D eigenvalue weighted by atomic mass is 9.97. The minimum Gasteiger partial charge on any atom is -0.351 e.